The van der Waals surface area contributed by atoms with E-state index in [1.54, 1.807) is 0 Å². The van der Waals surface area contributed by atoms with E-state index in [9.17, 15) is 13.2 Å². The maximum Gasteiger partial charge on any atom is 0.530 e. The van der Waals surface area contributed by atoms with Crippen LogP contribution in [0.25, 0.3) is 0 Å². The van der Waals surface area contributed by atoms with Gasteiger partial charge in [0.2, 0.25) is 0 Å². The van der Waals surface area contributed by atoms with Crippen molar-refractivity contribution in [2.24, 2.45) is 0 Å². The zero-order chi connectivity index (χ0) is 42.7. The predicted molar refractivity (Wildman–Crippen MR) is 229 cm³/mol. The molecule has 0 heterocycles. The molecule has 9 nitrogen and oxygen atoms in total. The summed E-state index contributed by atoms with van der Waals surface area (Å²) < 4.78 is 94.0. The quantitative estimate of drug-likeness (QED) is 0.0389. The van der Waals surface area contributed by atoms with Crippen molar-refractivity contribution in [3.8, 4) is 34.5 Å². The van der Waals surface area contributed by atoms with Crippen LogP contribution in [-0.2, 0) is 29.6 Å². The van der Waals surface area contributed by atoms with Gasteiger partial charge in [-0.05, 0) is 98.5 Å². The minimum atomic E-state index is -6.09. The van der Waals surface area contributed by atoms with E-state index in [1.807, 2.05) is 182 Å². The molecule has 0 aliphatic heterocycles. The second kappa shape index (κ2) is 28.3. The Morgan fingerprint density at radius 2 is 0.525 bits per heavy atom. The molecule has 6 aromatic rings. The first-order valence-corrected chi connectivity index (χ1v) is 22.0. The smallest absolute Gasteiger partial charge is 0.530 e. The molecule has 61 heavy (non-hydrogen) atoms. The van der Waals surface area contributed by atoms with Gasteiger partial charge < -0.3 is 31.7 Å². The van der Waals surface area contributed by atoms with Gasteiger partial charge in [0.25, 0.3) is 0 Å². The largest absolute Gasteiger partial charge is 0.741 e. The fourth-order valence-corrected chi connectivity index (χ4v) is 6.36. The minimum absolute atomic E-state index is 0. The van der Waals surface area contributed by atoms with Crippen LogP contribution in [0.3, 0.4) is 0 Å². The standard InChI is InChI=1S/2C18H15O3P.C8H12.CHF3O3S.Rh/c2*1-4-10-16(11-5-1)19-22(20-17-12-6-2-7-13-17)21-18-14-8-3-9-15-18;1-2-4-6-8-7-5-3-1;2-1(3,4)8(5,6)7;/h2*1-15H;1-2,7-8H,3-6H2;(H,5,6,7);/p-1. The average Bonchev–Trinajstić information content (AvgIpc) is 3.23. The van der Waals surface area contributed by atoms with Gasteiger partial charge in [-0.25, -0.2) is 8.42 Å². The van der Waals surface area contributed by atoms with Crippen LogP contribution in [0.2, 0.25) is 0 Å². The van der Waals surface area contributed by atoms with Crippen LogP contribution < -0.4 is 27.1 Å². The van der Waals surface area contributed by atoms with Gasteiger partial charge in [-0.15, -0.1) is 0 Å². The van der Waals surface area contributed by atoms with Crippen LogP contribution in [0.1, 0.15) is 25.7 Å². The van der Waals surface area contributed by atoms with Crippen molar-refractivity contribution in [2.75, 3.05) is 0 Å². The monoisotopic (exact) mass is 980 g/mol. The van der Waals surface area contributed by atoms with Gasteiger partial charge in [0, 0.05) is 19.5 Å². The van der Waals surface area contributed by atoms with Gasteiger partial charge in [-0.2, -0.15) is 13.2 Å². The summed E-state index contributed by atoms with van der Waals surface area (Å²) in [6.07, 6.45) is 14.0. The minimum Gasteiger partial charge on any atom is -0.741 e. The van der Waals surface area contributed by atoms with Gasteiger partial charge in [-0.3, -0.25) is 0 Å². The van der Waals surface area contributed by atoms with Crippen LogP contribution >= 0.6 is 17.2 Å². The number of hydrogen-bond acceptors (Lipinski definition) is 9. The van der Waals surface area contributed by atoms with E-state index < -0.39 is 32.8 Å². The van der Waals surface area contributed by atoms with Crippen LogP contribution in [-0.4, -0.2) is 18.5 Å². The van der Waals surface area contributed by atoms with E-state index in [-0.39, 0.29) is 19.5 Å². The maximum atomic E-state index is 10.7. The Kier molecular flexibility index (Phi) is 23.3. The number of allylic oxidation sites excluding steroid dienone is 4. The molecule has 0 atom stereocenters. The summed E-state index contributed by atoms with van der Waals surface area (Å²) in [5.41, 5.74) is -5.65. The summed E-state index contributed by atoms with van der Waals surface area (Å²) >= 11 is 0. The summed E-state index contributed by atoms with van der Waals surface area (Å²) in [4.78, 5) is 0. The molecule has 0 saturated heterocycles. The zero-order valence-corrected chi connectivity index (χ0v) is 36.6. The Morgan fingerprint density at radius 3 is 0.656 bits per heavy atom. The molecule has 0 amide bonds. The van der Waals surface area contributed by atoms with Crippen molar-refractivity contribution < 1.29 is 72.8 Å². The van der Waals surface area contributed by atoms with Crippen LogP contribution in [0.4, 0.5) is 13.2 Å². The maximum absolute atomic E-state index is 10.7. The van der Waals surface area contributed by atoms with Crippen molar-refractivity contribution >= 4 is 27.3 Å². The van der Waals surface area contributed by atoms with Crippen LogP contribution in [0.5, 0.6) is 34.5 Å². The average molecular weight is 981 g/mol. The van der Waals surface area contributed by atoms with E-state index in [0.717, 1.165) is 0 Å². The van der Waals surface area contributed by atoms with E-state index in [4.69, 9.17) is 40.1 Å². The third-order valence-corrected chi connectivity index (χ3v) is 9.88. The van der Waals surface area contributed by atoms with E-state index in [2.05, 4.69) is 24.3 Å². The molecular weight excluding hydrogens is 938 g/mol. The molecule has 0 fully saturated rings. The molecule has 0 saturated carbocycles. The van der Waals surface area contributed by atoms with Crippen molar-refractivity contribution in [2.45, 2.75) is 31.2 Å². The molecule has 1 aliphatic carbocycles. The first kappa shape index (κ1) is 50.1. The van der Waals surface area contributed by atoms with Gasteiger partial charge in [0.15, 0.2) is 10.1 Å². The van der Waals surface area contributed by atoms with Crippen LogP contribution in [0.15, 0.2) is 206 Å². The third-order valence-electron chi connectivity index (χ3n) is 7.16. The SMILES string of the molecule is C1=CCCC=CCC1.O=S(=O)([O-])C(F)(F)F.[Rh].c1ccc(OP(Oc2ccccc2)Oc2ccccc2)cc1.c1ccc(OP(Oc2ccccc2)Oc2ccccc2)cc1. The number of para-hydroxylation sites is 6. The van der Waals surface area contributed by atoms with E-state index in [1.165, 1.54) is 25.7 Å². The van der Waals surface area contributed by atoms with Gasteiger partial charge in [-0.1, -0.05) is 133 Å². The zero-order valence-electron chi connectivity index (χ0n) is 32.4. The Morgan fingerprint density at radius 1 is 0.377 bits per heavy atom. The predicted octanol–water partition coefficient (Wildman–Crippen LogP) is 13.6. The van der Waals surface area contributed by atoms with Crippen molar-refractivity contribution in [3.63, 3.8) is 0 Å². The molecule has 323 valence electrons. The summed E-state index contributed by atoms with van der Waals surface area (Å²) in [6.45, 7) is 0. The molecule has 0 aromatic heterocycles. The Hall–Kier alpha value is -5.22. The number of hydrogen-bond donors (Lipinski definition) is 0. The summed E-state index contributed by atoms with van der Waals surface area (Å²) in [5, 5.41) is 0. The molecule has 0 unspecified atom stereocenters. The Bertz CT molecular complexity index is 1850. The fourth-order valence-electron chi connectivity index (χ4n) is 4.37. The number of rotatable bonds is 12. The van der Waals surface area contributed by atoms with Gasteiger partial charge >= 0.3 is 22.7 Å². The Labute approximate surface area is 370 Å². The molecule has 1 radical (unpaired) electrons. The van der Waals surface area contributed by atoms with Gasteiger partial charge in [0.05, 0.1) is 0 Å². The summed E-state index contributed by atoms with van der Waals surface area (Å²) in [5.74, 6) is 4.25. The Balaban J connectivity index is 0.000000238. The summed E-state index contributed by atoms with van der Waals surface area (Å²) in [7, 11) is -9.27. The number of benzene rings is 6. The second-order valence-corrected chi connectivity index (χ2v) is 15.2. The van der Waals surface area contributed by atoms with E-state index in [0.29, 0.717) is 34.5 Å². The van der Waals surface area contributed by atoms with Crippen LogP contribution in [0, 0.1) is 0 Å². The molecule has 0 bridgehead atoms. The first-order chi connectivity index (χ1) is 29.0. The molecule has 16 heteroatoms. The van der Waals surface area contributed by atoms with Gasteiger partial charge in [0.1, 0.15) is 34.5 Å². The summed E-state index contributed by atoms with van der Waals surface area (Å²) in [6, 6.07) is 57.0. The normalized spacial score (nSPS) is 11.8. The molecule has 0 N–H and O–H groups in total. The number of alkyl halides is 3. The molecule has 7 rings (SSSR count). The van der Waals surface area contributed by atoms with E-state index >= 15 is 0 Å². The second-order valence-electron chi connectivity index (χ2n) is 11.9. The van der Waals surface area contributed by atoms with Crippen molar-refractivity contribution in [3.05, 3.63) is 206 Å². The molecule has 0 spiro atoms. The number of halogens is 3. The first-order valence-electron chi connectivity index (χ1n) is 18.4. The molecular formula is C45H42F3O9P2RhS-. The van der Waals surface area contributed by atoms with Crippen molar-refractivity contribution in [1.29, 1.82) is 0 Å². The topological polar surface area (TPSA) is 113 Å². The molecule has 6 aromatic carbocycles. The third kappa shape index (κ3) is 21.7. The molecule has 1 aliphatic rings. The fraction of sp³-hybridized carbons (Fsp3) is 0.111. The van der Waals surface area contributed by atoms with Crippen molar-refractivity contribution in [1.82, 2.24) is 0 Å².